The molecule has 1 aliphatic rings. The first-order valence-electron chi connectivity index (χ1n) is 9.09. The summed E-state index contributed by atoms with van der Waals surface area (Å²) < 4.78 is 5.17. The van der Waals surface area contributed by atoms with Gasteiger partial charge in [0.2, 0.25) is 5.91 Å². The Kier molecular flexibility index (Phi) is 6.22. The molecule has 6 nitrogen and oxygen atoms in total. The Morgan fingerprint density at radius 1 is 1.04 bits per heavy atom. The molecule has 0 spiro atoms. The van der Waals surface area contributed by atoms with Crippen molar-refractivity contribution in [3.8, 4) is 0 Å². The van der Waals surface area contributed by atoms with Crippen molar-refractivity contribution in [2.45, 2.75) is 19.9 Å². The highest BCUT2D eigenvalue weighted by Crippen LogP contribution is 2.18. The first-order chi connectivity index (χ1) is 13.5. The van der Waals surface area contributed by atoms with Crippen LogP contribution in [0.5, 0.6) is 0 Å². The van der Waals surface area contributed by atoms with Crippen LogP contribution in [0.4, 0.5) is 0 Å². The lowest BCUT2D eigenvalue weighted by Crippen LogP contribution is -2.39. The normalized spacial score (nSPS) is 13.5. The first-order valence-corrected chi connectivity index (χ1v) is 9.09. The van der Waals surface area contributed by atoms with Crippen molar-refractivity contribution in [3.05, 3.63) is 77.0 Å². The van der Waals surface area contributed by atoms with Crippen LogP contribution >= 0.6 is 0 Å². The van der Waals surface area contributed by atoms with E-state index >= 15 is 0 Å². The number of benzene rings is 2. The zero-order chi connectivity index (χ0) is 19.9. The number of carbonyl (C=O) groups excluding carboxylic acids is 3. The Bertz CT molecular complexity index is 906. The van der Waals surface area contributed by atoms with E-state index in [2.05, 4.69) is 11.4 Å². The second kappa shape index (κ2) is 8.99. The maximum Gasteiger partial charge on any atom is 0.355 e. The van der Waals surface area contributed by atoms with Gasteiger partial charge in [0, 0.05) is 20.0 Å². The maximum absolute atomic E-state index is 12.5. The van der Waals surface area contributed by atoms with E-state index in [0.29, 0.717) is 13.1 Å². The van der Waals surface area contributed by atoms with Crippen molar-refractivity contribution >= 4 is 23.9 Å². The molecule has 28 heavy (non-hydrogen) atoms. The number of carbonyl (C=O) groups is 3. The van der Waals surface area contributed by atoms with E-state index in [0.717, 1.165) is 17.5 Å². The summed E-state index contributed by atoms with van der Waals surface area (Å²) in [5, 5.41) is 2.47. The zero-order valence-corrected chi connectivity index (χ0v) is 15.7. The van der Waals surface area contributed by atoms with Crippen molar-refractivity contribution in [2.75, 3.05) is 13.2 Å². The number of hydrogen-bond donors (Lipinski definition) is 1. The van der Waals surface area contributed by atoms with Gasteiger partial charge in [-0.3, -0.25) is 9.59 Å². The minimum atomic E-state index is -0.746. The van der Waals surface area contributed by atoms with Crippen LogP contribution in [-0.2, 0) is 32.1 Å². The average Bonchev–Trinajstić information content (AvgIpc) is 2.71. The molecule has 144 valence electrons. The van der Waals surface area contributed by atoms with Gasteiger partial charge in [0.1, 0.15) is 5.70 Å². The summed E-state index contributed by atoms with van der Waals surface area (Å²) in [7, 11) is 0. The fraction of sp³-hybridized carbons (Fsp3) is 0.227. The Hall–Kier alpha value is -3.41. The molecule has 0 aliphatic carbocycles. The van der Waals surface area contributed by atoms with Crippen LogP contribution < -0.4 is 5.32 Å². The van der Waals surface area contributed by atoms with E-state index < -0.39 is 11.9 Å². The molecular formula is C22H22N2O4. The lowest BCUT2D eigenvalue weighted by molar-refractivity contribution is -0.149. The van der Waals surface area contributed by atoms with Crippen molar-refractivity contribution in [1.82, 2.24) is 10.2 Å². The molecule has 1 aliphatic heterocycles. The molecule has 0 bridgehead atoms. The molecule has 1 heterocycles. The average molecular weight is 378 g/mol. The largest absolute Gasteiger partial charge is 0.451 e. The Balaban J connectivity index is 1.62. The summed E-state index contributed by atoms with van der Waals surface area (Å²) in [6, 6.07) is 17.1. The molecule has 1 N–H and O–H groups in total. The number of fused-ring (bicyclic) bond motifs is 1. The number of nitrogens with zero attached hydrogens (tertiary/aromatic N) is 1. The van der Waals surface area contributed by atoms with Crippen LogP contribution in [0.15, 0.2) is 60.3 Å². The van der Waals surface area contributed by atoms with Crippen molar-refractivity contribution in [2.24, 2.45) is 0 Å². The fourth-order valence-electron chi connectivity index (χ4n) is 3.06. The summed E-state index contributed by atoms with van der Waals surface area (Å²) in [6.45, 7) is 2.03. The molecule has 0 radical (unpaired) electrons. The van der Waals surface area contributed by atoms with Gasteiger partial charge in [-0.25, -0.2) is 4.79 Å². The van der Waals surface area contributed by atoms with Gasteiger partial charge in [-0.05, 0) is 29.2 Å². The molecule has 0 atom stereocenters. The van der Waals surface area contributed by atoms with Gasteiger partial charge in [0.05, 0.1) is 0 Å². The van der Waals surface area contributed by atoms with Gasteiger partial charge in [0.15, 0.2) is 6.61 Å². The SMILES string of the molecule is CC(=O)N/C(=C\c1ccccc1)C(=O)OCC(=O)N1CCc2ccccc2C1. The topological polar surface area (TPSA) is 75.7 Å². The van der Waals surface area contributed by atoms with E-state index in [1.807, 2.05) is 36.4 Å². The second-order valence-electron chi connectivity index (χ2n) is 6.56. The van der Waals surface area contributed by atoms with Crippen LogP contribution in [0.1, 0.15) is 23.6 Å². The molecule has 2 amide bonds. The smallest absolute Gasteiger partial charge is 0.355 e. The second-order valence-corrected chi connectivity index (χ2v) is 6.56. The molecule has 0 aromatic heterocycles. The Morgan fingerprint density at radius 3 is 2.43 bits per heavy atom. The van der Waals surface area contributed by atoms with Gasteiger partial charge in [0.25, 0.3) is 5.91 Å². The van der Waals surface area contributed by atoms with Gasteiger partial charge in [-0.1, -0.05) is 54.6 Å². The van der Waals surface area contributed by atoms with E-state index in [1.165, 1.54) is 18.6 Å². The summed E-state index contributed by atoms with van der Waals surface area (Å²) >= 11 is 0. The number of ether oxygens (including phenoxy) is 1. The highest BCUT2D eigenvalue weighted by molar-refractivity contribution is 5.98. The third-order valence-corrected chi connectivity index (χ3v) is 4.45. The van der Waals surface area contributed by atoms with Crippen LogP contribution in [0.3, 0.4) is 0 Å². The zero-order valence-electron chi connectivity index (χ0n) is 15.7. The minimum absolute atomic E-state index is 0.00418. The molecule has 0 unspecified atom stereocenters. The lowest BCUT2D eigenvalue weighted by Gasteiger charge is -2.28. The minimum Gasteiger partial charge on any atom is -0.451 e. The van der Waals surface area contributed by atoms with Crippen LogP contribution in [0.2, 0.25) is 0 Å². The summed E-state index contributed by atoms with van der Waals surface area (Å²) in [5.41, 5.74) is 3.08. The number of esters is 1. The highest BCUT2D eigenvalue weighted by atomic mass is 16.5. The quantitative estimate of drug-likeness (QED) is 0.640. The molecule has 2 aromatic rings. The van der Waals surface area contributed by atoms with Gasteiger partial charge >= 0.3 is 5.97 Å². The third kappa shape index (κ3) is 5.07. The number of nitrogens with one attached hydrogen (secondary N) is 1. The number of rotatable bonds is 5. The van der Waals surface area contributed by atoms with Crippen molar-refractivity contribution < 1.29 is 19.1 Å². The van der Waals surface area contributed by atoms with E-state index in [1.54, 1.807) is 17.0 Å². The summed E-state index contributed by atoms with van der Waals surface area (Å²) in [5.74, 6) is -1.40. The number of amides is 2. The van der Waals surface area contributed by atoms with Crippen LogP contribution in [-0.4, -0.2) is 35.8 Å². The molecular weight excluding hydrogens is 356 g/mol. The number of hydrogen-bond acceptors (Lipinski definition) is 4. The van der Waals surface area contributed by atoms with Crippen LogP contribution in [0.25, 0.3) is 6.08 Å². The molecule has 0 saturated heterocycles. The molecule has 6 heteroatoms. The predicted octanol–water partition coefficient (Wildman–Crippen LogP) is 2.29. The van der Waals surface area contributed by atoms with Gasteiger partial charge < -0.3 is 15.0 Å². The highest BCUT2D eigenvalue weighted by Gasteiger charge is 2.22. The van der Waals surface area contributed by atoms with Crippen molar-refractivity contribution in [1.29, 1.82) is 0 Å². The monoisotopic (exact) mass is 378 g/mol. The molecule has 2 aromatic carbocycles. The maximum atomic E-state index is 12.5. The summed E-state index contributed by atoms with van der Waals surface area (Å²) in [6.07, 6.45) is 2.30. The third-order valence-electron chi connectivity index (χ3n) is 4.45. The summed E-state index contributed by atoms with van der Waals surface area (Å²) in [4.78, 5) is 37.9. The van der Waals surface area contributed by atoms with E-state index in [-0.39, 0.29) is 18.2 Å². The van der Waals surface area contributed by atoms with Crippen LogP contribution in [0, 0.1) is 0 Å². The Labute approximate surface area is 163 Å². The standard InChI is InChI=1S/C22H22N2O4/c1-16(25)23-20(13-17-7-3-2-4-8-17)22(27)28-15-21(26)24-12-11-18-9-5-6-10-19(18)14-24/h2-10,13H,11-12,14-15H2,1H3,(H,23,25)/b20-13-. The van der Waals surface area contributed by atoms with E-state index in [9.17, 15) is 14.4 Å². The molecule has 0 saturated carbocycles. The fourth-order valence-corrected chi connectivity index (χ4v) is 3.06. The molecule has 0 fully saturated rings. The van der Waals surface area contributed by atoms with E-state index in [4.69, 9.17) is 4.74 Å². The predicted molar refractivity (Wildman–Crippen MR) is 105 cm³/mol. The Morgan fingerprint density at radius 2 is 1.71 bits per heavy atom. The van der Waals surface area contributed by atoms with Crippen molar-refractivity contribution in [3.63, 3.8) is 0 Å². The lowest BCUT2D eigenvalue weighted by atomic mass is 10.00. The molecule has 3 rings (SSSR count). The van der Waals surface area contributed by atoms with Gasteiger partial charge in [-0.15, -0.1) is 0 Å². The van der Waals surface area contributed by atoms with Gasteiger partial charge in [-0.2, -0.15) is 0 Å². The first kappa shape index (κ1) is 19.4.